The lowest BCUT2D eigenvalue weighted by molar-refractivity contribution is 0.143. The van der Waals surface area contributed by atoms with Crippen LogP contribution in [0.5, 0.6) is 5.75 Å². The molecule has 1 aromatic carbocycles. The highest BCUT2D eigenvalue weighted by molar-refractivity contribution is 7.91. The summed E-state index contributed by atoms with van der Waals surface area (Å²) in [6.45, 7) is 3.68. The molecule has 1 N–H and O–H groups in total. The SMILES string of the molecule is Cc1ccc([C@H](C)O)c(OC2CCCC(S(C)(=O)=O)C2)c1. The van der Waals surface area contributed by atoms with Crippen LogP contribution in [0, 0.1) is 6.92 Å². The van der Waals surface area contributed by atoms with Gasteiger partial charge in [-0.1, -0.05) is 12.1 Å². The fourth-order valence-corrected chi connectivity index (χ4v) is 4.03. The Labute approximate surface area is 127 Å². The van der Waals surface area contributed by atoms with Crippen LogP contribution in [0.4, 0.5) is 0 Å². The minimum absolute atomic E-state index is 0.0993. The number of ether oxygens (including phenoxy) is 1. The molecular formula is C16H24O4S. The van der Waals surface area contributed by atoms with E-state index in [1.807, 2.05) is 25.1 Å². The maximum Gasteiger partial charge on any atom is 0.150 e. The van der Waals surface area contributed by atoms with E-state index in [0.29, 0.717) is 12.2 Å². The van der Waals surface area contributed by atoms with Gasteiger partial charge in [0.05, 0.1) is 17.5 Å². The van der Waals surface area contributed by atoms with E-state index in [2.05, 4.69) is 0 Å². The average Bonchev–Trinajstić information content (AvgIpc) is 2.37. The van der Waals surface area contributed by atoms with Gasteiger partial charge in [-0.05, 0) is 44.7 Å². The smallest absolute Gasteiger partial charge is 0.150 e. The molecule has 1 aromatic rings. The summed E-state index contributed by atoms with van der Waals surface area (Å²) in [6, 6.07) is 5.72. The van der Waals surface area contributed by atoms with E-state index >= 15 is 0 Å². The molecule has 21 heavy (non-hydrogen) atoms. The van der Waals surface area contributed by atoms with E-state index in [-0.39, 0.29) is 11.4 Å². The Kier molecular flexibility index (Phi) is 4.94. The molecule has 0 radical (unpaired) electrons. The van der Waals surface area contributed by atoms with E-state index in [1.165, 1.54) is 6.26 Å². The number of aliphatic hydroxyl groups excluding tert-OH is 1. The third kappa shape index (κ3) is 4.20. The van der Waals surface area contributed by atoms with Gasteiger partial charge in [-0.2, -0.15) is 0 Å². The number of sulfone groups is 1. The fraction of sp³-hybridized carbons (Fsp3) is 0.625. The van der Waals surface area contributed by atoms with Gasteiger partial charge in [0.1, 0.15) is 15.6 Å². The molecule has 0 aliphatic heterocycles. The monoisotopic (exact) mass is 312 g/mol. The van der Waals surface area contributed by atoms with Gasteiger partial charge in [0.25, 0.3) is 0 Å². The Hall–Kier alpha value is -1.07. The summed E-state index contributed by atoms with van der Waals surface area (Å²) < 4.78 is 29.5. The van der Waals surface area contributed by atoms with Crippen molar-refractivity contribution in [3.8, 4) is 5.75 Å². The first-order chi connectivity index (χ1) is 9.77. The van der Waals surface area contributed by atoms with Gasteiger partial charge in [0.15, 0.2) is 0 Å². The first-order valence-electron chi connectivity index (χ1n) is 7.41. The number of aliphatic hydroxyl groups is 1. The lowest BCUT2D eigenvalue weighted by Crippen LogP contribution is -2.33. The number of hydrogen-bond donors (Lipinski definition) is 1. The molecule has 1 fully saturated rings. The number of hydrogen-bond acceptors (Lipinski definition) is 4. The van der Waals surface area contributed by atoms with Crippen molar-refractivity contribution in [2.24, 2.45) is 0 Å². The lowest BCUT2D eigenvalue weighted by atomic mass is 9.97. The van der Waals surface area contributed by atoms with E-state index in [4.69, 9.17) is 4.74 Å². The third-order valence-corrected chi connectivity index (χ3v) is 5.74. The summed E-state index contributed by atoms with van der Waals surface area (Å²) in [5, 5.41) is 9.52. The normalized spacial score (nSPS) is 24.6. The highest BCUT2D eigenvalue weighted by Gasteiger charge is 2.30. The molecule has 2 unspecified atom stereocenters. The molecule has 0 spiro atoms. The zero-order valence-electron chi connectivity index (χ0n) is 12.9. The molecule has 0 heterocycles. The summed E-state index contributed by atoms with van der Waals surface area (Å²) in [4.78, 5) is 0. The molecule has 0 saturated heterocycles. The minimum Gasteiger partial charge on any atom is -0.490 e. The standard InChI is InChI=1S/C16H24O4S/c1-11-7-8-15(12(2)17)16(9-11)20-13-5-4-6-14(10-13)21(3,18)19/h7-9,12-14,17H,4-6,10H2,1-3H3/t12-,13?,14?/m0/s1. The van der Waals surface area contributed by atoms with Gasteiger partial charge >= 0.3 is 0 Å². The van der Waals surface area contributed by atoms with Crippen LogP contribution in [-0.4, -0.2) is 31.1 Å². The van der Waals surface area contributed by atoms with Crippen molar-refractivity contribution in [1.82, 2.24) is 0 Å². The highest BCUT2D eigenvalue weighted by atomic mass is 32.2. The zero-order valence-corrected chi connectivity index (χ0v) is 13.7. The van der Waals surface area contributed by atoms with Crippen molar-refractivity contribution in [1.29, 1.82) is 0 Å². The molecule has 0 aromatic heterocycles. The Morgan fingerprint density at radius 2 is 2.05 bits per heavy atom. The van der Waals surface area contributed by atoms with Gasteiger partial charge in [0, 0.05) is 18.2 Å². The second-order valence-corrected chi connectivity index (χ2v) is 8.40. The van der Waals surface area contributed by atoms with Crippen molar-refractivity contribution < 1.29 is 18.3 Å². The van der Waals surface area contributed by atoms with Crippen LogP contribution in [-0.2, 0) is 9.84 Å². The number of aryl methyl sites for hydroxylation is 1. The minimum atomic E-state index is -3.02. The average molecular weight is 312 g/mol. The van der Waals surface area contributed by atoms with Crippen molar-refractivity contribution in [3.63, 3.8) is 0 Å². The summed E-state index contributed by atoms with van der Waals surface area (Å²) in [6.07, 6.45) is 3.57. The molecule has 1 aliphatic rings. The van der Waals surface area contributed by atoms with E-state index in [9.17, 15) is 13.5 Å². The Morgan fingerprint density at radius 1 is 1.33 bits per heavy atom. The van der Waals surface area contributed by atoms with Crippen molar-refractivity contribution in [2.45, 2.75) is 57.0 Å². The van der Waals surface area contributed by atoms with Crippen molar-refractivity contribution in [3.05, 3.63) is 29.3 Å². The van der Waals surface area contributed by atoms with Gasteiger partial charge in [-0.15, -0.1) is 0 Å². The molecule has 5 heteroatoms. The number of rotatable bonds is 4. The predicted octanol–water partition coefficient (Wildman–Crippen LogP) is 2.78. The molecular weight excluding hydrogens is 288 g/mol. The summed E-state index contributed by atoms with van der Waals surface area (Å²) >= 11 is 0. The molecule has 0 amide bonds. The summed E-state index contributed by atoms with van der Waals surface area (Å²) in [5.41, 5.74) is 1.81. The molecule has 3 atom stereocenters. The van der Waals surface area contributed by atoms with Crippen LogP contribution in [0.2, 0.25) is 0 Å². The van der Waals surface area contributed by atoms with Crippen LogP contribution in [0.1, 0.15) is 49.8 Å². The Bertz CT molecular complexity index is 592. The molecule has 118 valence electrons. The molecule has 1 aliphatic carbocycles. The quantitative estimate of drug-likeness (QED) is 0.928. The predicted molar refractivity (Wildman–Crippen MR) is 83.3 cm³/mol. The third-order valence-electron chi connectivity index (χ3n) is 4.10. The first kappa shape index (κ1) is 16.3. The maximum absolute atomic E-state index is 11.7. The van der Waals surface area contributed by atoms with Crippen molar-refractivity contribution >= 4 is 9.84 Å². The Balaban J connectivity index is 2.16. The van der Waals surface area contributed by atoms with Crippen LogP contribution >= 0.6 is 0 Å². The van der Waals surface area contributed by atoms with Gasteiger partial charge in [-0.25, -0.2) is 8.42 Å². The lowest BCUT2D eigenvalue weighted by Gasteiger charge is -2.29. The van der Waals surface area contributed by atoms with Crippen molar-refractivity contribution in [2.75, 3.05) is 6.26 Å². The summed E-state index contributed by atoms with van der Waals surface area (Å²) in [7, 11) is -3.02. The molecule has 4 nitrogen and oxygen atoms in total. The van der Waals surface area contributed by atoms with E-state index in [1.54, 1.807) is 6.92 Å². The van der Waals surface area contributed by atoms with Gasteiger partial charge < -0.3 is 9.84 Å². The van der Waals surface area contributed by atoms with E-state index < -0.39 is 15.9 Å². The molecule has 1 saturated carbocycles. The topological polar surface area (TPSA) is 63.6 Å². The second kappa shape index (κ2) is 6.36. The highest BCUT2D eigenvalue weighted by Crippen LogP contribution is 2.32. The first-order valence-corrected chi connectivity index (χ1v) is 9.37. The van der Waals surface area contributed by atoms with Gasteiger partial charge in [0.2, 0.25) is 0 Å². The zero-order chi connectivity index (χ0) is 15.6. The maximum atomic E-state index is 11.7. The number of benzene rings is 1. The van der Waals surface area contributed by atoms with Crippen LogP contribution in [0.15, 0.2) is 18.2 Å². The fourth-order valence-electron chi connectivity index (χ4n) is 2.87. The van der Waals surface area contributed by atoms with Gasteiger partial charge in [-0.3, -0.25) is 0 Å². The molecule has 2 rings (SSSR count). The van der Waals surface area contributed by atoms with E-state index in [0.717, 1.165) is 30.4 Å². The van der Waals surface area contributed by atoms with Crippen LogP contribution in [0.3, 0.4) is 0 Å². The second-order valence-electron chi connectivity index (χ2n) is 6.08. The molecule has 0 bridgehead atoms. The summed E-state index contributed by atoms with van der Waals surface area (Å²) in [5.74, 6) is 0.671. The Morgan fingerprint density at radius 3 is 2.67 bits per heavy atom. The van der Waals surface area contributed by atoms with Crippen LogP contribution in [0.25, 0.3) is 0 Å². The largest absolute Gasteiger partial charge is 0.490 e. The van der Waals surface area contributed by atoms with Crippen LogP contribution < -0.4 is 4.74 Å².